The Morgan fingerprint density at radius 1 is 1.38 bits per heavy atom. The Kier molecular flexibility index (Phi) is 3.39. The largest absolute Gasteiger partial charge is 0.394 e. The molecule has 2 rings (SSSR count). The normalized spacial score (nSPS) is 16.2. The highest BCUT2D eigenvalue weighted by atomic mass is 16.3. The van der Waals surface area contributed by atoms with Crippen molar-refractivity contribution in [3.63, 3.8) is 0 Å². The van der Waals surface area contributed by atoms with E-state index in [2.05, 4.69) is 29.1 Å². The second-order valence-electron chi connectivity index (χ2n) is 4.68. The number of aliphatic hydroxyl groups is 1. The van der Waals surface area contributed by atoms with Gasteiger partial charge < -0.3 is 10.4 Å². The molecule has 1 aliphatic carbocycles. The molecule has 88 valence electrons. The van der Waals surface area contributed by atoms with Crippen LogP contribution in [0.1, 0.15) is 31.5 Å². The monoisotopic (exact) mass is 221 g/mol. The summed E-state index contributed by atoms with van der Waals surface area (Å²) in [5.41, 5.74) is 2.40. The zero-order valence-corrected chi connectivity index (χ0v) is 9.90. The van der Waals surface area contributed by atoms with E-state index in [9.17, 15) is 5.11 Å². The van der Waals surface area contributed by atoms with Crippen molar-refractivity contribution in [3.8, 4) is 0 Å². The van der Waals surface area contributed by atoms with Crippen LogP contribution >= 0.6 is 0 Å². The number of rotatable bonds is 4. The summed E-state index contributed by atoms with van der Waals surface area (Å²) < 4.78 is 0. The molecule has 1 atom stereocenters. The molecule has 1 unspecified atom stereocenters. The van der Waals surface area contributed by atoms with E-state index in [1.165, 1.54) is 5.56 Å². The second-order valence-corrected chi connectivity index (χ2v) is 4.68. The first-order valence-corrected chi connectivity index (χ1v) is 5.92. The van der Waals surface area contributed by atoms with E-state index >= 15 is 0 Å². The van der Waals surface area contributed by atoms with Crippen LogP contribution in [0.25, 0.3) is 0 Å². The van der Waals surface area contributed by atoms with Crippen LogP contribution in [0.15, 0.2) is 6.33 Å². The fraction of sp³-hybridized carbons (Fsp3) is 0.667. The number of fused-ring (bicyclic) bond motifs is 1. The van der Waals surface area contributed by atoms with Gasteiger partial charge in [-0.05, 0) is 25.2 Å². The topological polar surface area (TPSA) is 58.0 Å². The average Bonchev–Trinajstić information content (AvgIpc) is 2.73. The molecule has 0 aliphatic heterocycles. The molecule has 0 saturated heterocycles. The van der Waals surface area contributed by atoms with Gasteiger partial charge >= 0.3 is 0 Å². The lowest BCUT2D eigenvalue weighted by atomic mass is 10.1. The molecule has 0 radical (unpaired) electrons. The van der Waals surface area contributed by atoms with Gasteiger partial charge in [0.1, 0.15) is 12.1 Å². The fourth-order valence-corrected chi connectivity index (χ4v) is 2.08. The number of nitrogens with one attached hydrogen (secondary N) is 1. The summed E-state index contributed by atoms with van der Waals surface area (Å²) in [6, 6.07) is 0.0691. The molecule has 1 aromatic heterocycles. The highest BCUT2D eigenvalue weighted by molar-refractivity contribution is 5.48. The van der Waals surface area contributed by atoms with Gasteiger partial charge in [0.25, 0.3) is 0 Å². The summed E-state index contributed by atoms with van der Waals surface area (Å²) in [5, 5.41) is 12.6. The maximum Gasteiger partial charge on any atom is 0.133 e. The van der Waals surface area contributed by atoms with Gasteiger partial charge in [-0.2, -0.15) is 0 Å². The number of hydrogen-bond acceptors (Lipinski definition) is 4. The molecule has 0 bridgehead atoms. The molecule has 1 aliphatic rings. The highest BCUT2D eigenvalue weighted by Gasteiger charge is 2.20. The van der Waals surface area contributed by atoms with Crippen molar-refractivity contribution in [2.24, 2.45) is 5.92 Å². The van der Waals surface area contributed by atoms with Gasteiger partial charge in [0, 0.05) is 11.3 Å². The maximum atomic E-state index is 9.30. The fourth-order valence-electron chi connectivity index (χ4n) is 2.08. The summed E-state index contributed by atoms with van der Waals surface area (Å²) in [6.07, 6.45) is 4.88. The van der Waals surface area contributed by atoms with Crippen molar-refractivity contribution < 1.29 is 5.11 Å². The van der Waals surface area contributed by atoms with Gasteiger partial charge in [-0.1, -0.05) is 13.8 Å². The van der Waals surface area contributed by atoms with Gasteiger partial charge in [-0.25, -0.2) is 9.97 Å². The van der Waals surface area contributed by atoms with Gasteiger partial charge in [0.2, 0.25) is 0 Å². The first-order chi connectivity index (χ1) is 7.72. The number of nitrogens with zero attached hydrogens (tertiary/aromatic N) is 2. The molecule has 0 aromatic carbocycles. The molecule has 0 fully saturated rings. The lowest BCUT2D eigenvalue weighted by molar-refractivity contribution is 0.249. The predicted octanol–water partition coefficient (Wildman–Crippen LogP) is 1.39. The summed E-state index contributed by atoms with van der Waals surface area (Å²) >= 11 is 0. The molecule has 1 aromatic rings. The number of anilines is 1. The van der Waals surface area contributed by atoms with Gasteiger partial charge in [0.15, 0.2) is 0 Å². The summed E-state index contributed by atoms with van der Waals surface area (Å²) in [5.74, 6) is 1.30. The van der Waals surface area contributed by atoms with Gasteiger partial charge in [0.05, 0.1) is 12.6 Å². The van der Waals surface area contributed by atoms with E-state index in [1.807, 2.05) is 0 Å². The summed E-state index contributed by atoms with van der Waals surface area (Å²) in [6.45, 7) is 4.32. The molecule has 0 saturated carbocycles. The first-order valence-electron chi connectivity index (χ1n) is 5.92. The van der Waals surface area contributed by atoms with E-state index in [-0.39, 0.29) is 12.6 Å². The second kappa shape index (κ2) is 4.78. The van der Waals surface area contributed by atoms with E-state index in [1.54, 1.807) is 6.33 Å². The maximum absolute atomic E-state index is 9.30. The van der Waals surface area contributed by atoms with Crippen LogP contribution in [-0.2, 0) is 12.8 Å². The zero-order valence-electron chi connectivity index (χ0n) is 9.90. The summed E-state index contributed by atoms with van der Waals surface area (Å²) in [4.78, 5) is 8.57. The van der Waals surface area contributed by atoms with Crippen LogP contribution in [0.5, 0.6) is 0 Å². The summed E-state index contributed by atoms with van der Waals surface area (Å²) in [7, 11) is 0. The number of hydrogen-bond donors (Lipinski definition) is 2. The van der Waals surface area contributed by atoms with Crippen molar-refractivity contribution in [1.29, 1.82) is 0 Å². The van der Waals surface area contributed by atoms with Crippen molar-refractivity contribution in [1.82, 2.24) is 9.97 Å². The Balaban J connectivity index is 2.18. The Hall–Kier alpha value is -1.16. The Bertz CT molecular complexity index is 365. The van der Waals surface area contributed by atoms with Crippen molar-refractivity contribution in [2.45, 2.75) is 39.2 Å². The number of aryl methyl sites for hydroxylation is 1. The van der Waals surface area contributed by atoms with Crippen LogP contribution in [0, 0.1) is 5.92 Å². The molecular formula is C12H19N3O. The van der Waals surface area contributed by atoms with E-state index in [0.29, 0.717) is 5.92 Å². The molecule has 4 heteroatoms. The lowest BCUT2D eigenvalue weighted by Crippen LogP contribution is -2.30. The van der Waals surface area contributed by atoms with Gasteiger partial charge in [-0.15, -0.1) is 0 Å². The van der Waals surface area contributed by atoms with Crippen LogP contribution < -0.4 is 5.32 Å². The highest BCUT2D eigenvalue weighted by Crippen LogP contribution is 2.26. The Morgan fingerprint density at radius 2 is 2.19 bits per heavy atom. The molecule has 1 heterocycles. The van der Waals surface area contributed by atoms with Crippen LogP contribution in [0.4, 0.5) is 5.82 Å². The van der Waals surface area contributed by atoms with E-state index < -0.39 is 0 Å². The van der Waals surface area contributed by atoms with Crippen molar-refractivity contribution in [3.05, 3.63) is 17.6 Å². The van der Waals surface area contributed by atoms with E-state index in [0.717, 1.165) is 30.8 Å². The molecule has 2 N–H and O–H groups in total. The minimum absolute atomic E-state index is 0.0691. The minimum Gasteiger partial charge on any atom is -0.394 e. The quantitative estimate of drug-likeness (QED) is 0.806. The Labute approximate surface area is 96.1 Å². The van der Waals surface area contributed by atoms with Crippen LogP contribution in [-0.4, -0.2) is 27.7 Å². The number of aliphatic hydroxyl groups excluding tert-OH is 1. The third kappa shape index (κ3) is 2.16. The Morgan fingerprint density at radius 3 is 2.88 bits per heavy atom. The van der Waals surface area contributed by atoms with Crippen molar-refractivity contribution in [2.75, 3.05) is 11.9 Å². The average molecular weight is 221 g/mol. The molecule has 0 amide bonds. The lowest BCUT2D eigenvalue weighted by Gasteiger charge is -2.21. The molecule has 4 nitrogen and oxygen atoms in total. The van der Waals surface area contributed by atoms with Crippen molar-refractivity contribution >= 4 is 5.82 Å². The minimum atomic E-state index is 0.0691. The predicted molar refractivity (Wildman–Crippen MR) is 63.4 cm³/mol. The van der Waals surface area contributed by atoms with E-state index in [4.69, 9.17) is 0 Å². The molecule has 16 heavy (non-hydrogen) atoms. The van der Waals surface area contributed by atoms with Gasteiger partial charge in [-0.3, -0.25) is 0 Å². The third-order valence-electron chi connectivity index (χ3n) is 3.20. The third-order valence-corrected chi connectivity index (χ3v) is 3.20. The van der Waals surface area contributed by atoms with Crippen LogP contribution in [0.2, 0.25) is 0 Å². The SMILES string of the molecule is CC(C)C(CO)Nc1ncnc2c1CCC2. The molecular weight excluding hydrogens is 202 g/mol. The smallest absolute Gasteiger partial charge is 0.133 e. The number of aromatic nitrogens is 2. The standard InChI is InChI=1S/C12H19N3O/c1-8(2)11(6-16)15-12-9-4-3-5-10(9)13-7-14-12/h7-8,11,16H,3-6H2,1-2H3,(H,13,14,15). The van der Waals surface area contributed by atoms with Crippen LogP contribution in [0.3, 0.4) is 0 Å². The first kappa shape index (κ1) is 11.3. The molecule has 0 spiro atoms. The zero-order chi connectivity index (χ0) is 11.5.